The van der Waals surface area contributed by atoms with Gasteiger partial charge in [-0.2, -0.15) is 0 Å². The van der Waals surface area contributed by atoms with Crippen LogP contribution >= 0.6 is 0 Å². The monoisotopic (exact) mass is 412 g/mol. The number of hydrogen-bond donors (Lipinski definition) is 0. The highest BCUT2D eigenvalue weighted by atomic mass is 28.3. The second kappa shape index (κ2) is 13.4. The minimum atomic E-state index is -1.54. The summed E-state index contributed by atoms with van der Waals surface area (Å²) < 4.78 is 18.3. The van der Waals surface area contributed by atoms with Crippen molar-refractivity contribution in [2.75, 3.05) is 6.61 Å². The number of ether oxygens (including phenoxy) is 1. The SMILES string of the molecule is CCC[C@H]1CC[C@H]([C@H]2CC[C@H](OCCC[SiH](OC(C)C)OC(C)C)CC2)CC1. The molecule has 0 saturated heterocycles. The van der Waals surface area contributed by atoms with Crippen molar-refractivity contribution in [3.8, 4) is 0 Å². The molecule has 0 aromatic heterocycles. The van der Waals surface area contributed by atoms with E-state index in [-0.39, 0.29) is 12.2 Å². The Balaban J connectivity index is 1.57. The van der Waals surface area contributed by atoms with Gasteiger partial charge in [0.2, 0.25) is 0 Å². The Kier molecular flexibility index (Phi) is 11.7. The van der Waals surface area contributed by atoms with Crippen LogP contribution in [0.1, 0.15) is 105 Å². The van der Waals surface area contributed by atoms with E-state index >= 15 is 0 Å². The zero-order chi connectivity index (χ0) is 20.4. The van der Waals surface area contributed by atoms with Gasteiger partial charge in [-0.3, -0.25) is 0 Å². The molecule has 2 aliphatic carbocycles. The van der Waals surface area contributed by atoms with E-state index in [4.69, 9.17) is 13.6 Å². The van der Waals surface area contributed by atoms with Crippen molar-refractivity contribution < 1.29 is 13.6 Å². The Hall–Kier alpha value is 0.0969. The largest absolute Gasteiger partial charge is 0.394 e. The fourth-order valence-electron chi connectivity index (χ4n) is 5.36. The van der Waals surface area contributed by atoms with Gasteiger partial charge in [0.15, 0.2) is 0 Å². The van der Waals surface area contributed by atoms with Crippen LogP contribution < -0.4 is 0 Å². The van der Waals surface area contributed by atoms with Crippen molar-refractivity contribution in [1.82, 2.24) is 0 Å². The lowest BCUT2D eigenvalue weighted by atomic mass is 9.70. The standard InChI is InChI=1S/C24H48O3Si/c1-6-8-21-9-11-22(12-10-21)23-13-15-24(16-14-23)25-17-7-18-28(26-19(2)3)27-20(4)5/h19-24,28H,6-18H2,1-5H3/t21-,22-,23-,24-. The van der Waals surface area contributed by atoms with Crippen LogP contribution in [0.5, 0.6) is 0 Å². The van der Waals surface area contributed by atoms with Gasteiger partial charge in [-0.15, -0.1) is 0 Å². The molecule has 0 heterocycles. The van der Waals surface area contributed by atoms with E-state index in [0.29, 0.717) is 6.10 Å². The summed E-state index contributed by atoms with van der Waals surface area (Å²) in [7, 11) is -1.54. The normalized spacial score (nSPS) is 29.1. The topological polar surface area (TPSA) is 27.7 Å². The molecule has 0 aromatic carbocycles. The zero-order valence-corrected chi connectivity index (χ0v) is 20.6. The van der Waals surface area contributed by atoms with Crippen LogP contribution in [0.2, 0.25) is 6.04 Å². The van der Waals surface area contributed by atoms with Crippen molar-refractivity contribution >= 4 is 9.28 Å². The van der Waals surface area contributed by atoms with Gasteiger partial charge in [0.25, 0.3) is 0 Å². The fraction of sp³-hybridized carbons (Fsp3) is 1.00. The van der Waals surface area contributed by atoms with Gasteiger partial charge in [0.1, 0.15) is 0 Å². The Morgan fingerprint density at radius 1 is 0.786 bits per heavy atom. The Bertz CT molecular complexity index is 375. The molecule has 0 aliphatic heterocycles. The van der Waals surface area contributed by atoms with Crippen LogP contribution in [0.25, 0.3) is 0 Å². The Labute approximate surface area is 177 Å². The lowest BCUT2D eigenvalue weighted by molar-refractivity contribution is 0.00631. The highest BCUT2D eigenvalue weighted by molar-refractivity contribution is 6.44. The molecule has 0 spiro atoms. The molecule has 0 amide bonds. The van der Waals surface area contributed by atoms with E-state index < -0.39 is 9.28 Å². The molecule has 0 unspecified atom stereocenters. The summed E-state index contributed by atoms with van der Waals surface area (Å²) >= 11 is 0. The van der Waals surface area contributed by atoms with Gasteiger partial charge in [0, 0.05) is 18.8 Å². The van der Waals surface area contributed by atoms with Crippen LogP contribution in [0, 0.1) is 17.8 Å². The average Bonchev–Trinajstić information content (AvgIpc) is 2.66. The summed E-state index contributed by atoms with van der Waals surface area (Å²) in [6.07, 6.45) is 16.3. The van der Waals surface area contributed by atoms with Crippen molar-refractivity contribution in [3.63, 3.8) is 0 Å². The third-order valence-electron chi connectivity index (χ3n) is 6.76. The minimum Gasteiger partial charge on any atom is -0.394 e. The minimum absolute atomic E-state index is 0.267. The summed E-state index contributed by atoms with van der Waals surface area (Å²) in [5.74, 6) is 3.04. The van der Waals surface area contributed by atoms with E-state index in [1.807, 2.05) is 0 Å². The predicted molar refractivity (Wildman–Crippen MR) is 121 cm³/mol. The maximum atomic E-state index is 6.24. The Morgan fingerprint density at radius 2 is 1.32 bits per heavy atom. The first-order valence-corrected chi connectivity index (χ1v) is 14.2. The molecule has 166 valence electrons. The molecule has 0 radical (unpaired) electrons. The molecule has 2 saturated carbocycles. The van der Waals surface area contributed by atoms with E-state index in [2.05, 4.69) is 34.6 Å². The first-order valence-electron chi connectivity index (χ1n) is 12.4. The van der Waals surface area contributed by atoms with Gasteiger partial charge in [-0.25, -0.2) is 0 Å². The third kappa shape index (κ3) is 9.28. The third-order valence-corrected chi connectivity index (χ3v) is 9.33. The molecule has 0 bridgehead atoms. The van der Waals surface area contributed by atoms with Gasteiger partial charge >= 0.3 is 9.28 Å². The molecule has 0 N–H and O–H groups in total. The van der Waals surface area contributed by atoms with E-state index in [0.717, 1.165) is 36.8 Å². The quantitative estimate of drug-likeness (QED) is 0.266. The van der Waals surface area contributed by atoms with E-state index in [1.54, 1.807) is 0 Å². The van der Waals surface area contributed by atoms with Crippen LogP contribution in [0.4, 0.5) is 0 Å². The summed E-state index contributed by atoms with van der Waals surface area (Å²) in [5, 5.41) is 0. The van der Waals surface area contributed by atoms with Crippen LogP contribution in [-0.4, -0.2) is 34.2 Å². The molecule has 3 nitrogen and oxygen atoms in total. The second-order valence-electron chi connectivity index (χ2n) is 9.92. The molecule has 28 heavy (non-hydrogen) atoms. The molecule has 4 heteroatoms. The van der Waals surface area contributed by atoms with E-state index in [1.165, 1.54) is 64.2 Å². The molecule has 2 aliphatic rings. The summed E-state index contributed by atoms with van der Waals surface area (Å²) in [5.41, 5.74) is 0. The number of rotatable bonds is 12. The molecule has 2 rings (SSSR count). The maximum absolute atomic E-state index is 6.24. The average molecular weight is 413 g/mol. The summed E-state index contributed by atoms with van der Waals surface area (Å²) in [4.78, 5) is 0. The molecular weight excluding hydrogens is 364 g/mol. The smallest absolute Gasteiger partial charge is 0.321 e. The molecule has 0 aromatic rings. The summed E-state index contributed by atoms with van der Waals surface area (Å²) in [6.45, 7) is 11.6. The lowest BCUT2D eigenvalue weighted by Gasteiger charge is -2.37. The number of hydrogen-bond acceptors (Lipinski definition) is 3. The lowest BCUT2D eigenvalue weighted by Crippen LogP contribution is -2.30. The van der Waals surface area contributed by atoms with Crippen molar-refractivity contribution in [2.45, 2.75) is 130 Å². The second-order valence-corrected chi connectivity index (χ2v) is 11.9. The zero-order valence-electron chi connectivity index (χ0n) is 19.5. The van der Waals surface area contributed by atoms with Gasteiger partial charge < -0.3 is 13.6 Å². The van der Waals surface area contributed by atoms with Gasteiger partial charge in [-0.1, -0.05) is 32.6 Å². The van der Waals surface area contributed by atoms with Crippen LogP contribution in [-0.2, 0) is 13.6 Å². The van der Waals surface area contributed by atoms with Gasteiger partial charge in [0.05, 0.1) is 6.10 Å². The molecule has 2 fully saturated rings. The van der Waals surface area contributed by atoms with Gasteiger partial charge in [-0.05, 0) is 96.4 Å². The Morgan fingerprint density at radius 3 is 1.82 bits per heavy atom. The van der Waals surface area contributed by atoms with Crippen molar-refractivity contribution in [1.29, 1.82) is 0 Å². The first-order chi connectivity index (χ1) is 13.5. The molecular formula is C24H48O3Si. The summed E-state index contributed by atoms with van der Waals surface area (Å²) in [6, 6.07) is 1.06. The fourth-order valence-corrected chi connectivity index (χ4v) is 7.41. The van der Waals surface area contributed by atoms with E-state index in [9.17, 15) is 0 Å². The van der Waals surface area contributed by atoms with Crippen molar-refractivity contribution in [2.24, 2.45) is 17.8 Å². The highest BCUT2D eigenvalue weighted by Crippen LogP contribution is 2.41. The van der Waals surface area contributed by atoms with Crippen LogP contribution in [0.3, 0.4) is 0 Å². The molecule has 0 atom stereocenters. The first kappa shape index (κ1) is 24.4. The maximum Gasteiger partial charge on any atom is 0.321 e. The highest BCUT2D eigenvalue weighted by Gasteiger charge is 2.31. The predicted octanol–water partition coefficient (Wildman–Crippen LogP) is 6.63. The van der Waals surface area contributed by atoms with Crippen LogP contribution in [0.15, 0.2) is 0 Å². The van der Waals surface area contributed by atoms with Crippen molar-refractivity contribution in [3.05, 3.63) is 0 Å².